The zero-order valence-electron chi connectivity index (χ0n) is 10.3. The predicted molar refractivity (Wildman–Crippen MR) is 62.9 cm³/mol. The summed E-state index contributed by atoms with van der Waals surface area (Å²) in [5.41, 5.74) is 0. The van der Waals surface area contributed by atoms with Gasteiger partial charge in [0.1, 0.15) is 0 Å². The Kier molecular flexibility index (Phi) is 3.68. The minimum Gasteiger partial charge on any atom is -0.378 e. The molecular formula is C13H25NO. The van der Waals surface area contributed by atoms with Crippen molar-refractivity contribution in [3.05, 3.63) is 0 Å². The molecule has 1 aliphatic heterocycles. The van der Waals surface area contributed by atoms with E-state index >= 15 is 0 Å². The molecule has 15 heavy (non-hydrogen) atoms. The van der Waals surface area contributed by atoms with Gasteiger partial charge in [0.05, 0.1) is 6.10 Å². The number of nitrogens with one attached hydrogen (secondary N) is 1. The van der Waals surface area contributed by atoms with Crippen LogP contribution in [0.4, 0.5) is 0 Å². The van der Waals surface area contributed by atoms with Crippen molar-refractivity contribution < 1.29 is 4.74 Å². The van der Waals surface area contributed by atoms with Crippen molar-refractivity contribution in [2.45, 2.75) is 64.6 Å². The molecule has 0 aromatic rings. The predicted octanol–water partition coefficient (Wildman–Crippen LogP) is 2.58. The molecule has 2 nitrogen and oxygen atoms in total. The molecule has 0 radical (unpaired) electrons. The van der Waals surface area contributed by atoms with Crippen molar-refractivity contribution in [3.8, 4) is 0 Å². The zero-order chi connectivity index (χ0) is 10.8. The first-order valence-electron chi connectivity index (χ1n) is 6.54. The summed E-state index contributed by atoms with van der Waals surface area (Å²) in [7, 11) is 0. The second kappa shape index (κ2) is 4.84. The van der Waals surface area contributed by atoms with Gasteiger partial charge in [-0.3, -0.25) is 0 Å². The molecule has 0 aromatic heterocycles. The molecule has 1 saturated heterocycles. The highest BCUT2D eigenvalue weighted by Gasteiger charge is 2.32. The van der Waals surface area contributed by atoms with Crippen molar-refractivity contribution in [1.29, 1.82) is 0 Å². The van der Waals surface area contributed by atoms with E-state index in [1.807, 2.05) is 0 Å². The van der Waals surface area contributed by atoms with Crippen molar-refractivity contribution in [1.82, 2.24) is 5.32 Å². The molecule has 2 fully saturated rings. The standard InChI is InChI=1S/C13H25NO/c1-9-4-5-13(11(9)3)14-12-6-7-15-10(2)8-12/h9-14H,4-8H2,1-3H3. The maximum Gasteiger partial charge on any atom is 0.0561 e. The fourth-order valence-electron chi connectivity index (χ4n) is 3.05. The minimum atomic E-state index is 0.449. The van der Waals surface area contributed by atoms with Gasteiger partial charge in [0.25, 0.3) is 0 Å². The van der Waals surface area contributed by atoms with Gasteiger partial charge >= 0.3 is 0 Å². The van der Waals surface area contributed by atoms with Gasteiger partial charge in [-0.2, -0.15) is 0 Å². The molecule has 88 valence electrons. The van der Waals surface area contributed by atoms with E-state index in [-0.39, 0.29) is 0 Å². The summed E-state index contributed by atoms with van der Waals surface area (Å²) in [5.74, 6) is 1.75. The van der Waals surface area contributed by atoms with E-state index in [9.17, 15) is 0 Å². The van der Waals surface area contributed by atoms with Gasteiger partial charge in [-0.05, 0) is 44.4 Å². The van der Waals surface area contributed by atoms with Crippen LogP contribution in [0.25, 0.3) is 0 Å². The topological polar surface area (TPSA) is 21.3 Å². The van der Waals surface area contributed by atoms with E-state index in [4.69, 9.17) is 4.74 Å². The molecule has 2 rings (SSSR count). The van der Waals surface area contributed by atoms with Crippen LogP contribution in [0.2, 0.25) is 0 Å². The van der Waals surface area contributed by atoms with Gasteiger partial charge in [-0.15, -0.1) is 0 Å². The maximum absolute atomic E-state index is 5.58. The summed E-state index contributed by atoms with van der Waals surface area (Å²) in [6, 6.07) is 1.46. The summed E-state index contributed by atoms with van der Waals surface area (Å²) in [5, 5.41) is 3.85. The highest BCUT2D eigenvalue weighted by molar-refractivity contribution is 4.88. The molecule has 1 N–H and O–H groups in total. The summed E-state index contributed by atoms with van der Waals surface area (Å²) in [4.78, 5) is 0. The summed E-state index contributed by atoms with van der Waals surface area (Å²) < 4.78 is 5.58. The molecule has 5 unspecified atom stereocenters. The van der Waals surface area contributed by atoms with Crippen LogP contribution < -0.4 is 5.32 Å². The minimum absolute atomic E-state index is 0.449. The monoisotopic (exact) mass is 211 g/mol. The van der Waals surface area contributed by atoms with Gasteiger partial charge < -0.3 is 10.1 Å². The van der Waals surface area contributed by atoms with Crippen LogP contribution in [-0.2, 0) is 4.74 Å². The van der Waals surface area contributed by atoms with Crippen LogP contribution >= 0.6 is 0 Å². The third-order valence-corrected chi connectivity index (χ3v) is 4.40. The van der Waals surface area contributed by atoms with E-state index in [1.165, 1.54) is 25.7 Å². The van der Waals surface area contributed by atoms with Crippen molar-refractivity contribution >= 4 is 0 Å². The summed E-state index contributed by atoms with van der Waals surface area (Å²) in [6.07, 6.45) is 5.61. The van der Waals surface area contributed by atoms with Gasteiger partial charge in [0.15, 0.2) is 0 Å². The van der Waals surface area contributed by atoms with Gasteiger partial charge in [0, 0.05) is 18.7 Å². The Balaban J connectivity index is 1.81. The first kappa shape index (κ1) is 11.4. The molecule has 0 amide bonds. The third-order valence-electron chi connectivity index (χ3n) is 4.40. The lowest BCUT2D eigenvalue weighted by molar-refractivity contribution is 0.0103. The van der Waals surface area contributed by atoms with Crippen LogP contribution in [0.15, 0.2) is 0 Å². The van der Waals surface area contributed by atoms with E-state index in [0.29, 0.717) is 12.1 Å². The summed E-state index contributed by atoms with van der Waals surface area (Å²) in [6.45, 7) is 7.92. The number of hydrogen-bond acceptors (Lipinski definition) is 2. The van der Waals surface area contributed by atoms with E-state index in [2.05, 4.69) is 26.1 Å². The maximum atomic E-state index is 5.58. The average molecular weight is 211 g/mol. The molecule has 2 heteroatoms. The van der Waals surface area contributed by atoms with Gasteiger partial charge in [0.2, 0.25) is 0 Å². The van der Waals surface area contributed by atoms with Crippen LogP contribution in [0.3, 0.4) is 0 Å². The van der Waals surface area contributed by atoms with Crippen molar-refractivity contribution in [2.75, 3.05) is 6.61 Å². The Morgan fingerprint density at radius 1 is 1.07 bits per heavy atom. The Hall–Kier alpha value is -0.0800. The zero-order valence-corrected chi connectivity index (χ0v) is 10.3. The van der Waals surface area contributed by atoms with Gasteiger partial charge in [-0.25, -0.2) is 0 Å². The number of rotatable bonds is 2. The average Bonchev–Trinajstić information content (AvgIpc) is 2.50. The second-order valence-corrected chi connectivity index (χ2v) is 5.59. The molecule has 0 spiro atoms. The fourth-order valence-corrected chi connectivity index (χ4v) is 3.05. The normalized spacial score (nSPS) is 47.0. The quantitative estimate of drug-likeness (QED) is 0.758. The molecule has 5 atom stereocenters. The number of hydrogen-bond donors (Lipinski definition) is 1. The molecule has 1 heterocycles. The van der Waals surface area contributed by atoms with Crippen LogP contribution in [0.5, 0.6) is 0 Å². The highest BCUT2D eigenvalue weighted by atomic mass is 16.5. The SMILES string of the molecule is CC1CC(NC2CCC(C)C2C)CCO1. The Morgan fingerprint density at radius 2 is 1.87 bits per heavy atom. The van der Waals surface area contributed by atoms with Crippen molar-refractivity contribution in [3.63, 3.8) is 0 Å². The summed E-state index contributed by atoms with van der Waals surface area (Å²) >= 11 is 0. The van der Waals surface area contributed by atoms with Crippen LogP contribution in [0, 0.1) is 11.8 Å². The molecule has 2 aliphatic rings. The third kappa shape index (κ3) is 2.73. The molecule has 1 saturated carbocycles. The molecule has 0 bridgehead atoms. The highest BCUT2D eigenvalue weighted by Crippen LogP contribution is 2.32. The lowest BCUT2D eigenvalue weighted by Gasteiger charge is -2.32. The van der Waals surface area contributed by atoms with Crippen LogP contribution in [0.1, 0.15) is 46.5 Å². The number of ether oxygens (including phenoxy) is 1. The van der Waals surface area contributed by atoms with E-state index in [0.717, 1.165) is 24.5 Å². The van der Waals surface area contributed by atoms with E-state index in [1.54, 1.807) is 0 Å². The largest absolute Gasteiger partial charge is 0.378 e. The smallest absolute Gasteiger partial charge is 0.0561 e. The lowest BCUT2D eigenvalue weighted by Crippen LogP contribution is -2.44. The molecule has 0 aromatic carbocycles. The Morgan fingerprint density at radius 3 is 2.47 bits per heavy atom. The molecular weight excluding hydrogens is 186 g/mol. The van der Waals surface area contributed by atoms with Crippen LogP contribution in [-0.4, -0.2) is 24.8 Å². The molecule has 1 aliphatic carbocycles. The second-order valence-electron chi connectivity index (χ2n) is 5.59. The first-order chi connectivity index (χ1) is 7.16. The van der Waals surface area contributed by atoms with Gasteiger partial charge in [-0.1, -0.05) is 13.8 Å². The lowest BCUT2D eigenvalue weighted by atomic mass is 9.96. The van der Waals surface area contributed by atoms with E-state index < -0.39 is 0 Å². The Bertz CT molecular complexity index is 207. The first-order valence-corrected chi connectivity index (χ1v) is 6.54. The Labute approximate surface area is 93.8 Å². The fraction of sp³-hybridized carbons (Fsp3) is 1.00. The van der Waals surface area contributed by atoms with Crippen molar-refractivity contribution in [2.24, 2.45) is 11.8 Å².